The first-order valence-corrected chi connectivity index (χ1v) is 10.6. The molecule has 0 fully saturated rings. The molecule has 0 spiro atoms. The van der Waals surface area contributed by atoms with Crippen molar-refractivity contribution in [1.29, 1.82) is 0 Å². The molecule has 0 radical (unpaired) electrons. The first-order valence-electron chi connectivity index (χ1n) is 10.6. The summed E-state index contributed by atoms with van der Waals surface area (Å²) in [4.78, 5) is 27.3. The number of para-hydroxylation sites is 2. The molecule has 0 saturated heterocycles. The first-order chi connectivity index (χ1) is 15.4. The highest BCUT2D eigenvalue weighted by Gasteiger charge is 2.33. The lowest BCUT2D eigenvalue weighted by Gasteiger charge is -2.38. The number of urea groups is 1. The van der Waals surface area contributed by atoms with Gasteiger partial charge in [0.05, 0.1) is 33.1 Å². The van der Waals surface area contributed by atoms with Gasteiger partial charge in [-0.15, -0.1) is 0 Å². The van der Waals surface area contributed by atoms with E-state index in [1.54, 1.807) is 38.4 Å². The Morgan fingerprint density at radius 1 is 1.03 bits per heavy atom. The van der Waals surface area contributed by atoms with Crippen molar-refractivity contribution in [2.75, 3.05) is 39.7 Å². The number of amides is 3. The van der Waals surface area contributed by atoms with E-state index in [1.165, 1.54) is 0 Å². The lowest BCUT2D eigenvalue weighted by Crippen LogP contribution is -2.47. The molecule has 0 saturated carbocycles. The first kappa shape index (κ1) is 23.2. The molecular weight excluding hydrogens is 410 g/mol. The number of rotatable bonds is 7. The van der Waals surface area contributed by atoms with Crippen LogP contribution in [0.1, 0.15) is 31.0 Å². The van der Waals surface area contributed by atoms with Crippen molar-refractivity contribution in [3.05, 3.63) is 47.5 Å². The van der Waals surface area contributed by atoms with Crippen molar-refractivity contribution in [2.24, 2.45) is 5.92 Å². The number of nitrogens with zero attached hydrogens (tertiary/aromatic N) is 1. The van der Waals surface area contributed by atoms with Gasteiger partial charge in [0.15, 0.2) is 11.5 Å². The van der Waals surface area contributed by atoms with Gasteiger partial charge in [-0.1, -0.05) is 26.0 Å². The molecular formula is C24H31N3O5. The van der Waals surface area contributed by atoms with E-state index in [2.05, 4.69) is 10.6 Å². The number of anilines is 1. The minimum Gasteiger partial charge on any atom is -0.495 e. The molecule has 1 aliphatic rings. The second-order valence-electron chi connectivity index (χ2n) is 7.90. The molecule has 0 bridgehead atoms. The Labute approximate surface area is 188 Å². The Morgan fingerprint density at radius 2 is 1.69 bits per heavy atom. The third-order valence-electron chi connectivity index (χ3n) is 5.61. The molecule has 8 heteroatoms. The molecule has 2 N–H and O–H groups in total. The molecule has 8 nitrogen and oxygen atoms in total. The molecule has 3 amide bonds. The normalized spacial score (nSPS) is 15.1. The van der Waals surface area contributed by atoms with E-state index < -0.39 is 0 Å². The molecule has 3 rings (SSSR count). The zero-order valence-electron chi connectivity index (χ0n) is 19.2. The van der Waals surface area contributed by atoms with Crippen LogP contribution in [0.25, 0.3) is 0 Å². The van der Waals surface area contributed by atoms with Crippen LogP contribution in [0.15, 0.2) is 36.4 Å². The number of fused-ring (bicyclic) bond motifs is 1. The highest BCUT2D eigenvalue weighted by atomic mass is 16.5. The summed E-state index contributed by atoms with van der Waals surface area (Å²) in [6.07, 6.45) is 0.656. The fourth-order valence-corrected chi connectivity index (χ4v) is 3.83. The highest BCUT2D eigenvalue weighted by Crippen LogP contribution is 2.38. The molecule has 1 aliphatic heterocycles. The molecule has 0 aromatic heterocycles. The number of ether oxygens (including phenoxy) is 3. The Morgan fingerprint density at radius 3 is 2.34 bits per heavy atom. The SMILES string of the molecule is COc1ccccc1NC(=O)N1CCc2cc(OC)c(OC)cc2[C@H]1CNC(=O)C(C)C. The quantitative estimate of drug-likeness (QED) is 0.685. The van der Waals surface area contributed by atoms with Gasteiger partial charge in [0, 0.05) is 19.0 Å². The van der Waals surface area contributed by atoms with Gasteiger partial charge in [0.1, 0.15) is 5.75 Å². The van der Waals surface area contributed by atoms with Crippen LogP contribution in [0.3, 0.4) is 0 Å². The number of hydrogen-bond donors (Lipinski definition) is 2. The number of methoxy groups -OCH3 is 3. The summed E-state index contributed by atoms with van der Waals surface area (Å²) in [6.45, 7) is 4.46. The zero-order valence-corrected chi connectivity index (χ0v) is 19.2. The van der Waals surface area contributed by atoms with Crippen LogP contribution in [0, 0.1) is 5.92 Å². The molecule has 0 aliphatic carbocycles. The smallest absolute Gasteiger partial charge is 0.322 e. The van der Waals surface area contributed by atoms with Crippen LogP contribution in [0.5, 0.6) is 17.2 Å². The number of nitrogens with one attached hydrogen (secondary N) is 2. The number of benzene rings is 2. The van der Waals surface area contributed by atoms with Crippen LogP contribution in [0.4, 0.5) is 10.5 Å². The molecule has 1 atom stereocenters. The fraction of sp³-hybridized carbons (Fsp3) is 0.417. The number of carbonyl (C=O) groups is 2. The van der Waals surface area contributed by atoms with E-state index in [4.69, 9.17) is 14.2 Å². The second kappa shape index (κ2) is 10.3. The fourth-order valence-electron chi connectivity index (χ4n) is 3.83. The predicted molar refractivity (Wildman–Crippen MR) is 123 cm³/mol. The molecule has 172 valence electrons. The number of hydrogen-bond acceptors (Lipinski definition) is 5. The van der Waals surface area contributed by atoms with Gasteiger partial charge in [-0.25, -0.2) is 4.79 Å². The van der Waals surface area contributed by atoms with Crippen molar-refractivity contribution in [3.8, 4) is 17.2 Å². The maximum Gasteiger partial charge on any atom is 0.322 e. The summed E-state index contributed by atoms with van der Waals surface area (Å²) in [5.41, 5.74) is 2.57. The second-order valence-corrected chi connectivity index (χ2v) is 7.90. The van der Waals surface area contributed by atoms with Gasteiger partial charge in [-0.2, -0.15) is 0 Å². The zero-order chi connectivity index (χ0) is 23.3. The summed E-state index contributed by atoms with van der Waals surface area (Å²) in [7, 11) is 4.74. The van der Waals surface area contributed by atoms with Crippen molar-refractivity contribution >= 4 is 17.6 Å². The molecule has 0 unspecified atom stereocenters. The van der Waals surface area contributed by atoms with E-state index in [0.29, 0.717) is 42.4 Å². The monoisotopic (exact) mass is 441 g/mol. The van der Waals surface area contributed by atoms with E-state index in [0.717, 1.165) is 11.1 Å². The maximum atomic E-state index is 13.3. The van der Waals surface area contributed by atoms with Crippen LogP contribution in [0.2, 0.25) is 0 Å². The third-order valence-corrected chi connectivity index (χ3v) is 5.61. The van der Waals surface area contributed by atoms with E-state index in [1.807, 2.05) is 38.1 Å². The van der Waals surface area contributed by atoms with Crippen LogP contribution >= 0.6 is 0 Å². The Kier molecular flexibility index (Phi) is 7.45. The lowest BCUT2D eigenvalue weighted by atomic mass is 9.91. The lowest BCUT2D eigenvalue weighted by molar-refractivity contribution is -0.124. The van der Waals surface area contributed by atoms with Crippen LogP contribution < -0.4 is 24.8 Å². The van der Waals surface area contributed by atoms with Gasteiger partial charge in [-0.05, 0) is 41.8 Å². The van der Waals surface area contributed by atoms with Crippen molar-refractivity contribution < 1.29 is 23.8 Å². The van der Waals surface area contributed by atoms with Crippen molar-refractivity contribution in [3.63, 3.8) is 0 Å². The molecule has 2 aromatic carbocycles. The summed E-state index contributed by atoms with van der Waals surface area (Å²) in [5.74, 6) is 1.58. The third kappa shape index (κ3) is 4.90. The van der Waals surface area contributed by atoms with Gasteiger partial charge in [0.2, 0.25) is 5.91 Å². The molecule has 1 heterocycles. The minimum atomic E-state index is -0.365. The maximum absolute atomic E-state index is 13.3. The summed E-state index contributed by atoms with van der Waals surface area (Å²) >= 11 is 0. The summed E-state index contributed by atoms with van der Waals surface area (Å²) in [6, 6.07) is 10.5. The minimum absolute atomic E-state index is 0.0670. The Balaban J connectivity index is 1.94. The van der Waals surface area contributed by atoms with Gasteiger partial charge < -0.3 is 29.7 Å². The standard InChI is InChI=1S/C24H31N3O5/c1-15(2)23(28)25-14-19-17-13-22(32-5)21(31-4)12-16(17)10-11-27(19)24(29)26-18-8-6-7-9-20(18)30-3/h6-9,12-13,15,19H,10-11,14H2,1-5H3,(H,25,28)(H,26,29)/t19-/m1/s1. The largest absolute Gasteiger partial charge is 0.495 e. The van der Waals surface area contributed by atoms with Gasteiger partial charge >= 0.3 is 6.03 Å². The van der Waals surface area contributed by atoms with Crippen LogP contribution in [-0.4, -0.2) is 51.3 Å². The summed E-state index contributed by atoms with van der Waals surface area (Å²) < 4.78 is 16.3. The Bertz CT molecular complexity index is 976. The molecule has 32 heavy (non-hydrogen) atoms. The average molecular weight is 442 g/mol. The van der Waals surface area contributed by atoms with E-state index in [-0.39, 0.29) is 23.9 Å². The van der Waals surface area contributed by atoms with Gasteiger partial charge in [-0.3, -0.25) is 4.79 Å². The van der Waals surface area contributed by atoms with E-state index in [9.17, 15) is 9.59 Å². The highest BCUT2D eigenvalue weighted by molar-refractivity contribution is 5.91. The number of carbonyl (C=O) groups excluding carboxylic acids is 2. The average Bonchev–Trinajstić information content (AvgIpc) is 2.81. The topological polar surface area (TPSA) is 89.1 Å². The Hall–Kier alpha value is -3.42. The van der Waals surface area contributed by atoms with Crippen LogP contribution in [-0.2, 0) is 11.2 Å². The van der Waals surface area contributed by atoms with Crippen molar-refractivity contribution in [2.45, 2.75) is 26.3 Å². The van der Waals surface area contributed by atoms with E-state index >= 15 is 0 Å². The predicted octanol–water partition coefficient (Wildman–Crippen LogP) is 3.62. The van der Waals surface area contributed by atoms with Gasteiger partial charge in [0.25, 0.3) is 0 Å². The summed E-state index contributed by atoms with van der Waals surface area (Å²) in [5, 5.41) is 5.92. The van der Waals surface area contributed by atoms with Crippen molar-refractivity contribution in [1.82, 2.24) is 10.2 Å². The molecule has 2 aromatic rings.